The van der Waals surface area contributed by atoms with Crippen LogP contribution in [0.5, 0.6) is 0 Å². The Bertz CT molecular complexity index is 810. The van der Waals surface area contributed by atoms with Crippen molar-refractivity contribution in [2.24, 2.45) is 0 Å². The van der Waals surface area contributed by atoms with Crippen molar-refractivity contribution in [2.75, 3.05) is 11.9 Å². The Hall–Kier alpha value is -2.25. The van der Waals surface area contributed by atoms with E-state index in [4.69, 9.17) is 23.2 Å². The van der Waals surface area contributed by atoms with Crippen LogP contribution in [0.25, 0.3) is 0 Å². The lowest BCUT2D eigenvalue weighted by Crippen LogP contribution is -2.33. The van der Waals surface area contributed by atoms with E-state index in [1.54, 1.807) is 12.1 Å². The zero-order chi connectivity index (χ0) is 18.6. The third-order valence-electron chi connectivity index (χ3n) is 3.10. The van der Waals surface area contributed by atoms with Gasteiger partial charge in [-0.25, -0.2) is 0 Å². The first-order chi connectivity index (χ1) is 11.7. The minimum atomic E-state index is -4.57. The van der Waals surface area contributed by atoms with E-state index in [2.05, 4.69) is 10.6 Å². The Morgan fingerprint density at radius 3 is 2.32 bits per heavy atom. The molecule has 9 heteroatoms. The van der Waals surface area contributed by atoms with E-state index in [9.17, 15) is 22.8 Å². The van der Waals surface area contributed by atoms with Gasteiger partial charge < -0.3 is 10.6 Å². The summed E-state index contributed by atoms with van der Waals surface area (Å²) in [6.45, 7) is -0.462. The molecule has 2 aromatic rings. The molecule has 0 aliphatic carbocycles. The van der Waals surface area contributed by atoms with Gasteiger partial charge in [-0.3, -0.25) is 9.59 Å². The van der Waals surface area contributed by atoms with Crippen LogP contribution < -0.4 is 10.6 Å². The summed E-state index contributed by atoms with van der Waals surface area (Å²) < 4.78 is 38.1. The minimum Gasteiger partial charge on any atom is -0.343 e. The molecule has 0 radical (unpaired) electrons. The summed E-state index contributed by atoms with van der Waals surface area (Å²) in [5.41, 5.74) is -0.977. The molecule has 0 aliphatic heterocycles. The highest BCUT2D eigenvalue weighted by atomic mass is 35.5. The molecular weight excluding hydrogens is 380 g/mol. The number of nitrogens with one attached hydrogen (secondary N) is 2. The fourth-order valence-corrected chi connectivity index (χ4v) is 2.28. The van der Waals surface area contributed by atoms with Crippen LogP contribution in [0.1, 0.15) is 15.9 Å². The quantitative estimate of drug-likeness (QED) is 0.813. The molecule has 0 aromatic heterocycles. The van der Waals surface area contributed by atoms with E-state index in [1.807, 2.05) is 0 Å². The highest BCUT2D eigenvalue weighted by Crippen LogP contribution is 2.33. The van der Waals surface area contributed by atoms with Gasteiger partial charge >= 0.3 is 6.18 Å². The predicted molar refractivity (Wildman–Crippen MR) is 88.9 cm³/mol. The van der Waals surface area contributed by atoms with E-state index >= 15 is 0 Å². The van der Waals surface area contributed by atoms with E-state index in [-0.39, 0.29) is 21.3 Å². The smallest absolute Gasteiger partial charge is 0.343 e. The number of rotatable bonds is 4. The number of amides is 2. The number of anilines is 1. The summed E-state index contributed by atoms with van der Waals surface area (Å²) >= 11 is 11.6. The average molecular weight is 391 g/mol. The summed E-state index contributed by atoms with van der Waals surface area (Å²) in [5, 5.41) is 4.70. The fourth-order valence-electron chi connectivity index (χ4n) is 1.89. The van der Waals surface area contributed by atoms with Crippen LogP contribution in [0.15, 0.2) is 42.5 Å². The molecule has 4 nitrogen and oxygen atoms in total. The molecule has 2 aromatic carbocycles. The predicted octanol–water partition coefficient (Wildman–Crippen LogP) is 4.38. The van der Waals surface area contributed by atoms with Gasteiger partial charge in [-0.15, -0.1) is 0 Å². The van der Waals surface area contributed by atoms with Crippen LogP contribution in [0.2, 0.25) is 10.0 Å². The normalized spacial score (nSPS) is 11.1. The Balaban J connectivity index is 2.01. The third-order valence-corrected chi connectivity index (χ3v) is 3.75. The van der Waals surface area contributed by atoms with Gasteiger partial charge in [0.05, 0.1) is 33.4 Å². The van der Waals surface area contributed by atoms with Gasteiger partial charge in [0.2, 0.25) is 5.91 Å². The lowest BCUT2D eigenvalue weighted by atomic mass is 10.2. The summed E-state index contributed by atoms with van der Waals surface area (Å²) in [6.07, 6.45) is -4.57. The van der Waals surface area contributed by atoms with Crippen molar-refractivity contribution in [3.8, 4) is 0 Å². The van der Waals surface area contributed by atoms with E-state index in [0.29, 0.717) is 0 Å². The largest absolute Gasteiger partial charge is 0.416 e. The monoisotopic (exact) mass is 390 g/mol. The van der Waals surface area contributed by atoms with E-state index in [0.717, 1.165) is 18.2 Å². The first kappa shape index (κ1) is 19.1. The molecule has 0 fully saturated rings. The average Bonchev–Trinajstić information content (AvgIpc) is 2.54. The maximum atomic E-state index is 12.7. The fraction of sp³-hybridized carbons (Fsp3) is 0.125. The van der Waals surface area contributed by atoms with Gasteiger partial charge in [-0.05, 0) is 30.3 Å². The topological polar surface area (TPSA) is 58.2 Å². The second-order valence-electron chi connectivity index (χ2n) is 4.90. The molecule has 2 rings (SSSR count). The van der Waals surface area contributed by atoms with Crippen molar-refractivity contribution in [2.45, 2.75) is 6.18 Å². The number of alkyl halides is 3. The lowest BCUT2D eigenvalue weighted by Gasteiger charge is -2.12. The van der Waals surface area contributed by atoms with Crippen molar-refractivity contribution in [1.82, 2.24) is 5.32 Å². The first-order valence-electron chi connectivity index (χ1n) is 6.88. The number of carbonyl (C=O) groups excluding carboxylic acids is 2. The Kier molecular flexibility index (Phi) is 5.92. The SMILES string of the molecule is O=C(CNC(=O)c1ccccc1Cl)Nc1cc(C(F)(F)F)ccc1Cl. The van der Waals surface area contributed by atoms with Crippen molar-refractivity contribution < 1.29 is 22.8 Å². The molecule has 0 saturated heterocycles. The summed E-state index contributed by atoms with van der Waals surface area (Å²) in [7, 11) is 0. The molecule has 0 saturated carbocycles. The zero-order valence-electron chi connectivity index (χ0n) is 12.5. The molecule has 0 atom stereocenters. The molecule has 25 heavy (non-hydrogen) atoms. The Morgan fingerprint density at radius 1 is 1.00 bits per heavy atom. The summed E-state index contributed by atoms with van der Waals surface area (Å²) in [4.78, 5) is 23.8. The molecular formula is C16H11Cl2F3N2O2. The van der Waals surface area contributed by atoms with Crippen LogP contribution in [0, 0.1) is 0 Å². The molecule has 132 valence electrons. The second-order valence-corrected chi connectivity index (χ2v) is 5.72. The van der Waals surface area contributed by atoms with Crippen LogP contribution in [0.4, 0.5) is 18.9 Å². The molecule has 0 unspecified atom stereocenters. The minimum absolute atomic E-state index is 0.0567. The zero-order valence-corrected chi connectivity index (χ0v) is 14.0. The van der Waals surface area contributed by atoms with Gasteiger partial charge in [0, 0.05) is 0 Å². The van der Waals surface area contributed by atoms with Crippen molar-refractivity contribution in [1.29, 1.82) is 0 Å². The Morgan fingerprint density at radius 2 is 1.68 bits per heavy atom. The van der Waals surface area contributed by atoms with Gasteiger partial charge in [0.1, 0.15) is 0 Å². The van der Waals surface area contributed by atoms with Crippen LogP contribution >= 0.6 is 23.2 Å². The third kappa shape index (κ3) is 5.11. The number of carbonyl (C=O) groups is 2. The first-order valence-corrected chi connectivity index (χ1v) is 7.63. The van der Waals surface area contributed by atoms with Gasteiger partial charge in [0.15, 0.2) is 0 Å². The summed E-state index contributed by atoms with van der Waals surface area (Å²) in [6, 6.07) is 8.78. The van der Waals surface area contributed by atoms with Crippen LogP contribution in [-0.2, 0) is 11.0 Å². The Labute approximate surface area is 150 Å². The standard InChI is InChI=1S/C16H11Cl2F3N2O2/c17-11-4-2-1-3-10(11)15(25)22-8-14(24)23-13-7-9(16(19,20)21)5-6-12(13)18/h1-7H,8H2,(H,22,25)(H,23,24). The van der Waals surface area contributed by atoms with E-state index in [1.165, 1.54) is 12.1 Å². The van der Waals surface area contributed by atoms with Crippen molar-refractivity contribution in [3.63, 3.8) is 0 Å². The molecule has 0 spiro atoms. The number of benzene rings is 2. The van der Waals surface area contributed by atoms with E-state index < -0.39 is 30.1 Å². The molecule has 2 amide bonds. The maximum absolute atomic E-state index is 12.7. The molecule has 0 heterocycles. The second kappa shape index (κ2) is 7.76. The molecule has 2 N–H and O–H groups in total. The number of hydrogen-bond acceptors (Lipinski definition) is 2. The van der Waals surface area contributed by atoms with Crippen LogP contribution in [0.3, 0.4) is 0 Å². The van der Waals surface area contributed by atoms with Crippen molar-refractivity contribution >= 4 is 40.7 Å². The van der Waals surface area contributed by atoms with Crippen LogP contribution in [-0.4, -0.2) is 18.4 Å². The lowest BCUT2D eigenvalue weighted by molar-refractivity contribution is -0.137. The maximum Gasteiger partial charge on any atom is 0.416 e. The molecule has 0 bridgehead atoms. The van der Waals surface area contributed by atoms with Gasteiger partial charge in [-0.1, -0.05) is 35.3 Å². The highest BCUT2D eigenvalue weighted by Gasteiger charge is 2.31. The number of halogens is 5. The summed E-state index contributed by atoms with van der Waals surface area (Å²) in [5.74, 6) is -1.32. The highest BCUT2D eigenvalue weighted by molar-refractivity contribution is 6.34. The number of hydrogen-bond donors (Lipinski definition) is 2. The van der Waals surface area contributed by atoms with Gasteiger partial charge in [-0.2, -0.15) is 13.2 Å². The van der Waals surface area contributed by atoms with Crippen molar-refractivity contribution in [3.05, 3.63) is 63.6 Å². The van der Waals surface area contributed by atoms with Gasteiger partial charge in [0.25, 0.3) is 5.91 Å². The molecule has 0 aliphatic rings.